The molecule has 0 amide bonds. The maximum absolute atomic E-state index is 12.1. The van der Waals surface area contributed by atoms with Gasteiger partial charge in [0.2, 0.25) is 0 Å². The van der Waals surface area contributed by atoms with E-state index in [0.717, 1.165) is 0 Å². The zero-order valence-corrected chi connectivity index (χ0v) is 10.2. The van der Waals surface area contributed by atoms with Crippen molar-refractivity contribution in [1.82, 2.24) is 0 Å². The van der Waals surface area contributed by atoms with E-state index >= 15 is 0 Å². The number of ketones is 1. The minimum Gasteiger partial charge on any atom is -0.289 e. The number of hydrogen-bond acceptors (Lipinski definition) is 1. The van der Waals surface area contributed by atoms with Crippen molar-refractivity contribution in [1.29, 1.82) is 0 Å². The summed E-state index contributed by atoms with van der Waals surface area (Å²) in [4.78, 5) is 12.1. The van der Waals surface area contributed by atoms with Crippen LogP contribution in [0, 0.1) is 0 Å². The molecule has 0 spiro atoms. The first-order chi connectivity index (χ1) is 8.21. The highest BCUT2D eigenvalue weighted by Gasteiger charge is 2.08. The predicted octanol–water partition coefficient (Wildman–Crippen LogP) is 4.10. The molecule has 1 nitrogen and oxygen atoms in total. The Labute approximate surface area is 104 Å². The van der Waals surface area contributed by atoms with Gasteiger partial charge >= 0.3 is 0 Å². The summed E-state index contributed by atoms with van der Waals surface area (Å²) in [5.74, 6) is -0.0869. The van der Waals surface area contributed by atoms with Gasteiger partial charge in [-0.2, -0.15) is 0 Å². The second kappa shape index (κ2) is 9.10. The Kier molecular flexibility index (Phi) is 7.95. The minimum absolute atomic E-state index is 0.0869. The fourth-order valence-corrected chi connectivity index (χ4v) is 1.11. The third kappa shape index (κ3) is 5.47. The Bertz CT molecular complexity index is 415. The summed E-state index contributed by atoms with van der Waals surface area (Å²) in [5, 5.41) is 0. The van der Waals surface area contributed by atoms with Crippen molar-refractivity contribution in [2.75, 3.05) is 0 Å². The van der Waals surface area contributed by atoms with Crippen LogP contribution in [0.4, 0.5) is 0 Å². The van der Waals surface area contributed by atoms with E-state index in [1.165, 1.54) is 0 Å². The SMILES string of the molecule is C=C/C=C\C(=C/C=C)C(=O)/C(C=C)=C/C=C\C. The van der Waals surface area contributed by atoms with E-state index in [0.29, 0.717) is 11.1 Å². The molecule has 0 fully saturated rings. The fraction of sp³-hybridized carbons (Fsp3) is 0.0625. The largest absolute Gasteiger partial charge is 0.289 e. The normalized spacial score (nSPS) is 13.0. The van der Waals surface area contributed by atoms with Gasteiger partial charge in [-0.3, -0.25) is 4.79 Å². The number of rotatable bonds is 7. The van der Waals surface area contributed by atoms with Crippen molar-refractivity contribution < 1.29 is 4.79 Å². The molecule has 0 rings (SSSR count). The van der Waals surface area contributed by atoms with Gasteiger partial charge in [-0.25, -0.2) is 0 Å². The van der Waals surface area contributed by atoms with Crippen LogP contribution in [0.3, 0.4) is 0 Å². The summed E-state index contributed by atoms with van der Waals surface area (Å²) in [6, 6.07) is 0. The zero-order valence-electron chi connectivity index (χ0n) is 10.2. The summed E-state index contributed by atoms with van der Waals surface area (Å²) in [5.41, 5.74) is 1.10. The maximum atomic E-state index is 12.1. The second-order valence-electron chi connectivity index (χ2n) is 3.13. The van der Waals surface area contributed by atoms with Gasteiger partial charge in [0.05, 0.1) is 0 Å². The lowest BCUT2D eigenvalue weighted by atomic mass is 10.0. The molecule has 17 heavy (non-hydrogen) atoms. The molecule has 0 unspecified atom stereocenters. The molecular weight excluding hydrogens is 208 g/mol. The fourth-order valence-electron chi connectivity index (χ4n) is 1.11. The average Bonchev–Trinajstić information content (AvgIpc) is 2.35. The van der Waals surface area contributed by atoms with Crippen LogP contribution < -0.4 is 0 Å². The topological polar surface area (TPSA) is 17.1 Å². The Balaban J connectivity index is 5.26. The van der Waals surface area contributed by atoms with E-state index in [1.54, 1.807) is 48.6 Å². The summed E-state index contributed by atoms with van der Waals surface area (Å²) < 4.78 is 0. The molecule has 0 bridgehead atoms. The quantitative estimate of drug-likeness (QED) is 0.472. The summed E-state index contributed by atoms with van der Waals surface area (Å²) >= 11 is 0. The summed E-state index contributed by atoms with van der Waals surface area (Å²) in [6.07, 6.45) is 15.2. The van der Waals surface area contributed by atoms with E-state index in [1.807, 2.05) is 13.0 Å². The Hall–Kier alpha value is -2.15. The Morgan fingerprint density at radius 3 is 2.12 bits per heavy atom. The number of carbonyl (C=O) groups is 1. The molecular formula is C16H18O. The van der Waals surface area contributed by atoms with Gasteiger partial charge in [0, 0.05) is 11.1 Å². The maximum Gasteiger partial charge on any atom is 0.192 e. The van der Waals surface area contributed by atoms with Gasteiger partial charge in [-0.15, -0.1) is 0 Å². The highest BCUT2D eigenvalue weighted by molar-refractivity contribution is 6.12. The number of Topliss-reactive ketones (excluding diaryl/α,β-unsaturated/α-hetero) is 1. The standard InChI is InChI=1S/C16H18O/c1-5-9-12-14(8-4)16(17)15(11-7-3)13-10-6-2/h5-13H,2-4H2,1H3/b9-5-,13-10-,14-12+,15-11+. The van der Waals surface area contributed by atoms with Crippen molar-refractivity contribution in [3.05, 3.63) is 85.6 Å². The van der Waals surface area contributed by atoms with Crippen LogP contribution in [-0.4, -0.2) is 5.78 Å². The number of allylic oxidation sites excluding steroid dienone is 11. The molecule has 88 valence electrons. The Morgan fingerprint density at radius 1 is 0.941 bits per heavy atom. The van der Waals surface area contributed by atoms with Crippen LogP contribution in [0.5, 0.6) is 0 Å². The molecule has 0 saturated heterocycles. The van der Waals surface area contributed by atoms with Gasteiger partial charge in [0.15, 0.2) is 5.78 Å². The first-order valence-corrected chi connectivity index (χ1v) is 5.33. The van der Waals surface area contributed by atoms with E-state index in [-0.39, 0.29) is 5.78 Å². The lowest BCUT2D eigenvalue weighted by Gasteiger charge is -2.01. The molecule has 0 aliphatic heterocycles. The van der Waals surface area contributed by atoms with Crippen molar-refractivity contribution in [2.24, 2.45) is 0 Å². The van der Waals surface area contributed by atoms with Crippen molar-refractivity contribution in [2.45, 2.75) is 6.92 Å². The van der Waals surface area contributed by atoms with E-state index in [2.05, 4.69) is 19.7 Å². The van der Waals surface area contributed by atoms with Crippen LogP contribution in [-0.2, 0) is 4.79 Å². The molecule has 1 heteroatoms. The lowest BCUT2D eigenvalue weighted by molar-refractivity contribution is -0.111. The third-order valence-corrected chi connectivity index (χ3v) is 1.92. The molecule has 0 atom stereocenters. The van der Waals surface area contributed by atoms with E-state index in [4.69, 9.17) is 0 Å². The molecule has 0 aromatic carbocycles. The molecule has 0 aromatic heterocycles. The summed E-state index contributed by atoms with van der Waals surface area (Å²) in [7, 11) is 0. The highest BCUT2D eigenvalue weighted by Crippen LogP contribution is 2.10. The first kappa shape index (κ1) is 14.8. The van der Waals surface area contributed by atoms with Gasteiger partial charge in [-0.1, -0.05) is 74.4 Å². The van der Waals surface area contributed by atoms with Gasteiger partial charge in [-0.05, 0) is 6.92 Å². The van der Waals surface area contributed by atoms with Crippen LogP contribution in [0.25, 0.3) is 0 Å². The van der Waals surface area contributed by atoms with Crippen molar-refractivity contribution in [3.8, 4) is 0 Å². The molecule has 0 heterocycles. The van der Waals surface area contributed by atoms with Crippen LogP contribution in [0.2, 0.25) is 0 Å². The monoisotopic (exact) mass is 226 g/mol. The number of carbonyl (C=O) groups excluding carboxylic acids is 1. The number of hydrogen-bond donors (Lipinski definition) is 0. The van der Waals surface area contributed by atoms with Crippen LogP contribution in [0.1, 0.15) is 6.92 Å². The molecule has 0 radical (unpaired) electrons. The average molecular weight is 226 g/mol. The summed E-state index contributed by atoms with van der Waals surface area (Å²) in [6.45, 7) is 12.7. The predicted molar refractivity (Wildman–Crippen MR) is 75.7 cm³/mol. The first-order valence-electron chi connectivity index (χ1n) is 5.33. The highest BCUT2D eigenvalue weighted by atomic mass is 16.1. The second-order valence-corrected chi connectivity index (χ2v) is 3.13. The third-order valence-electron chi connectivity index (χ3n) is 1.92. The van der Waals surface area contributed by atoms with E-state index in [9.17, 15) is 4.79 Å². The van der Waals surface area contributed by atoms with Crippen LogP contribution >= 0.6 is 0 Å². The van der Waals surface area contributed by atoms with Gasteiger partial charge in [0.1, 0.15) is 0 Å². The van der Waals surface area contributed by atoms with Gasteiger partial charge in [0.25, 0.3) is 0 Å². The smallest absolute Gasteiger partial charge is 0.192 e. The van der Waals surface area contributed by atoms with Crippen molar-refractivity contribution in [3.63, 3.8) is 0 Å². The van der Waals surface area contributed by atoms with Gasteiger partial charge < -0.3 is 0 Å². The molecule has 0 aliphatic rings. The molecule has 0 N–H and O–H groups in total. The lowest BCUT2D eigenvalue weighted by Crippen LogP contribution is -2.02. The van der Waals surface area contributed by atoms with E-state index < -0.39 is 0 Å². The Morgan fingerprint density at radius 2 is 1.65 bits per heavy atom. The molecule has 0 saturated carbocycles. The zero-order chi connectivity index (χ0) is 13.1. The molecule has 0 aliphatic carbocycles. The molecule has 0 aromatic rings. The van der Waals surface area contributed by atoms with Crippen molar-refractivity contribution >= 4 is 5.78 Å². The minimum atomic E-state index is -0.0869. The van der Waals surface area contributed by atoms with Crippen LogP contribution in [0.15, 0.2) is 85.6 Å².